The fraction of sp³-hybridized carbons (Fsp3) is 0.278. The second kappa shape index (κ2) is 8.44. The summed E-state index contributed by atoms with van der Waals surface area (Å²) in [5.74, 6) is 1.23. The summed E-state index contributed by atoms with van der Waals surface area (Å²) in [5, 5.41) is 3.50. The van der Waals surface area contributed by atoms with Gasteiger partial charge in [0.1, 0.15) is 6.61 Å². The van der Waals surface area contributed by atoms with Gasteiger partial charge in [-0.25, -0.2) is 0 Å². The van der Waals surface area contributed by atoms with Gasteiger partial charge in [-0.3, -0.25) is 4.79 Å². The first-order chi connectivity index (χ1) is 11.1. The van der Waals surface area contributed by atoms with E-state index >= 15 is 0 Å². The average molecular weight is 334 g/mol. The minimum Gasteiger partial charge on any atom is -0.493 e. The van der Waals surface area contributed by atoms with Crippen molar-refractivity contribution in [2.24, 2.45) is 0 Å². The summed E-state index contributed by atoms with van der Waals surface area (Å²) >= 11 is 6.06. The van der Waals surface area contributed by atoms with Crippen LogP contribution < -0.4 is 14.8 Å². The number of hydrogen-bond donors (Lipinski definition) is 1. The van der Waals surface area contributed by atoms with E-state index in [1.54, 1.807) is 13.2 Å². The highest BCUT2D eigenvalue weighted by Gasteiger charge is 2.11. The summed E-state index contributed by atoms with van der Waals surface area (Å²) in [5.41, 5.74) is 0.810. The highest BCUT2D eigenvalue weighted by molar-refractivity contribution is 6.31. The van der Waals surface area contributed by atoms with Crippen molar-refractivity contribution in [1.82, 2.24) is 5.32 Å². The molecule has 0 heterocycles. The molecule has 0 saturated carbocycles. The number of halogens is 1. The smallest absolute Gasteiger partial charge is 0.224 e. The molecule has 1 unspecified atom stereocenters. The van der Waals surface area contributed by atoms with Crippen LogP contribution in [-0.4, -0.2) is 25.7 Å². The zero-order chi connectivity index (χ0) is 16.7. The molecule has 0 spiro atoms. The molecule has 0 aromatic heterocycles. The number of carbonyl (C=O) groups excluding carboxylic acids is 1. The molecule has 23 heavy (non-hydrogen) atoms. The zero-order valence-corrected chi connectivity index (χ0v) is 14.0. The van der Waals surface area contributed by atoms with Crippen LogP contribution in [0.3, 0.4) is 0 Å². The van der Waals surface area contributed by atoms with Crippen LogP contribution >= 0.6 is 11.6 Å². The molecule has 0 aliphatic rings. The van der Waals surface area contributed by atoms with Crippen molar-refractivity contribution in [3.63, 3.8) is 0 Å². The van der Waals surface area contributed by atoms with Crippen molar-refractivity contribution in [1.29, 1.82) is 0 Å². The Morgan fingerprint density at radius 3 is 2.48 bits per heavy atom. The van der Waals surface area contributed by atoms with Crippen LogP contribution in [0.1, 0.15) is 12.5 Å². The molecule has 0 fully saturated rings. The topological polar surface area (TPSA) is 47.6 Å². The van der Waals surface area contributed by atoms with E-state index in [0.29, 0.717) is 23.1 Å². The molecule has 2 rings (SSSR count). The van der Waals surface area contributed by atoms with Gasteiger partial charge in [0, 0.05) is 5.02 Å². The molecule has 1 N–H and O–H groups in total. The lowest BCUT2D eigenvalue weighted by Crippen LogP contribution is -2.37. The van der Waals surface area contributed by atoms with E-state index in [9.17, 15) is 4.79 Å². The summed E-state index contributed by atoms with van der Waals surface area (Å²) in [6.45, 7) is 2.24. The highest BCUT2D eigenvalue weighted by atomic mass is 35.5. The van der Waals surface area contributed by atoms with Gasteiger partial charge in [0.15, 0.2) is 11.5 Å². The van der Waals surface area contributed by atoms with E-state index in [1.165, 1.54) is 0 Å². The first-order valence-electron chi connectivity index (χ1n) is 7.38. The van der Waals surface area contributed by atoms with Gasteiger partial charge in [0.25, 0.3) is 0 Å². The first-order valence-corrected chi connectivity index (χ1v) is 7.76. The molecule has 0 aliphatic carbocycles. The second-order valence-electron chi connectivity index (χ2n) is 5.20. The lowest BCUT2D eigenvalue weighted by molar-refractivity contribution is -0.121. The van der Waals surface area contributed by atoms with E-state index in [-0.39, 0.29) is 18.4 Å². The lowest BCUT2D eigenvalue weighted by atomic mass is 10.1. The number of para-hydroxylation sites is 2. The number of ether oxygens (including phenoxy) is 2. The molecule has 2 aromatic carbocycles. The van der Waals surface area contributed by atoms with Crippen molar-refractivity contribution in [3.05, 3.63) is 59.1 Å². The van der Waals surface area contributed by atoms with Crippen LogP contribution in [0.25, 0.3) is 0 Å². The molecule has 0 aliphatic heterocycles. The Kier molecular flexibility index (Phi) is 6.29. The normalized spacial score (nSPS) is 11.6. The third-order valence-electron chi connectivity index (χ3n) is 3.27. The Morgan fingerprint density at radius 2 is 1.78 bits per heavy atom. The van der Waals surface area contributed by atoms with E-state index < -0.39 is 0 Å². The van der Waals surface area contributed by atoms with Gasteiger partial charge in [-0.05, 0) is 30.7 Å². The molecule has 0 saturated heterocycles. The molecule has 1 atom stereocenters. The van der Waals surface area contributed by atoms with E-state index in [1.807, 2.05) is 49.4 Å². The maximum absolute atomic E-state index is 12.1. The Morgan fingerprint density at radius 1 is 1.13 bits per heavy atom. The summed E-state index contributed by atoms with van der Waals surface area (Å²) < 4.78 is 10.9. The largest absolute Gasteiger partial charge is 0.493 e. The number of methoxy groups -OCH3 is 1. The summed E-state index contributed by atoms with van der Waals surface area (Å²) in [7, 11) is 1.59. The van der Waals surface area contributed by atoms with Crippen molar-refractivity contribution in [2.75, 3.05) is 13.7 Å². The summed E-state index contributed by atoms with van der Waals surface area (Å²) in [4.78, 5) is 12.1. The monoisotopic (exact) mass is 333 g/mol. The van der Waals surface area contributed by atoms with Gasteiger partial charge in [0.2, 0.25) is 5.91 Å². The van der Waals surface area contributed by atoms with Gasteiger partial charge in [-0.1, -0.05) is 41.9 Å². The van der Waals surface area contributed by atoms with E-state index in [0.717, 1.165) is 5.56 Å². The van der Waals surface area contributed by atoms with Crippen LogP contribution in [0.5, 0.6) is 11.5 Å². The van der Waals surface area contributed by atoms with Crippen LogP contribution in [0, 0.1) is 0 Å². The Bertz CT molecular complexity index is 660. The predicted molar refractivity (Wildman–Crippen MR) is 91.2 cm³/mol. The minimum atomic E-state index is -0.130. The average Bonchev–Trinajstić information content (AvgIpc) is 2.55. The Balaban J connectivity index is 1.83. The van der Waals surface area contributed by atoms with Gasteiger partial charge >= 0.3 is 0 Å². The van der Waals surface area contributed by atoms with Crippen molar-refractivity contribution < 1.29 is 14.3 Å². The highest BCUT2D eigenvalue weighted by Crippen LogP contribution is 2.25. The van der Waals surface area contributed by atoms with Crippen LogP contribution in [0.15, 0.2) is 48.5 Å². The third kappa shape index (κ3) is 5.18. The van der Waals surface area contributed by atoms with Gasteiger partial charge in [-0.2, -0.15) is 0 Å². The third-order valence-corrected chi connectivity index (χ3v) is 3.64. The Labute approximate surface area is 141 Å². The van der Waals surface area contributed by atoms with Crippen molar-refractivity contribution in [3.8, 4) is 11.5 Å². The van der Waals surface area contributed by atoms with Gasteiger partial charge in [0.05, 0.1) is 19.6 Å². The van der Waals surface area contributed by atoms with Crippen molar-refractivity contribution in [2.45, 2.75) is 19.4 Å². The molecular formula is C18H20ClNO3. The summed E-state index contributed by atoms with van der Waals surface area (Å²) in [6.07, 6.45) is 0.249. The number of benzene rings is 2. The molecule has 0 radical (unpaired) electrons. The first kappa shape index (κ1) is 17.2. The van der Waals surface area contributed by atoms with E-state index in [4.69, 9.17) is 21.1 Å². The van der Waals surface area contributed by atoms with Crippen LogP contribution in [0.2, 0.25) is 5.02 Å². The maximum Gasteiger partial charge on any atom is 0.224 e. The van der Waals surface area contributed by atoms with E-state index in [2.05, 4.69) is 5.32 Å². The second-order valence-corrected chi connectivity index (χ2v) is 5.61. The quantitative estimate of drug-likeness (QED) is 0.844. The maximum atomic E-state index is 12.1. The van der Waals surface area contributed by atoms with Crippen molar-refractivity contribution >= 4 is 17.5 Å². The molecule has 1 amide bonds. The molecule has 4 nitrogen and oxygen atoms in total. The number of hydrogen-bond acceptors (Lipinski definition) is 3. The lowest BCUT2D eigenvalue weighted by Gasteiger charge is -2.16. The number of carbonyl (C=O) groups is 1. The van der Waals surface area contributed by atoms with Gasteiger partial charge in [-0.15, -0.1) is 0 Å². The number of amides is 1. The fourth-order valence-corrected chi connectivity index (χ4v) is 2.34. The molecular weight excluding hydrogens is 314 g/mol. The molecule has 122 valence electrons. The molecule has 5 heteroatoms. The molecule has 2 aromatic rings. The van der Waals surface area contributed by atoms with Crippen LogP contribution in [0.4, 0.5) is 0 Å². The minimum absolute atomic E-state index is 0.0887. The summed E-state index contributed by atoms with van der Waals surface area (Å²) in [6, 6.07) is 14.6. The fourth-order valence-electron chi connectivity index (χ4n) is 2.14. The standard InChI is InChI=1S/C18H20ClNO3/c1-13(12-23-17-10-6-5-9-16(17)22-2)20-18(21)11-14-7-3-4-8-15(14)19/h3-10,13H,11-12H2,1-2H3,(H,20,21). The van der Waals surface area contributed by atoms with Gasteiger partial charge < -0.3 is 14.8 Å². The Hall–Kier alpha value is -2.20. The van der Waals surface area contributed by atoms with Crippen LogP contribution in [-0.2, 0) is 11.2 Å². The predicted octanol–water partition coefficient (Wildman–Crippen LogP) is 3.47. The molecule has 0 bridgehead atoms. The number of nitrogens with one attached hydrogen (secondary N) is 1. The number of rotatable bonds is 7. The zero-order valence-electron chi connectivity index (χ0n) is 13.2. The SMILES string of the molecule is COc1ccccc1OCC(C)NC(=O)Cc1ccccc1Cl.